The number of nitrogens with one attached hydrogen (secondary N) is 1. The number of nitrogens with zero attached hydrogens (tertiary/aromatic N) is 2. The van der Waals surface area contributed by atoms with Crippen molar-refractivity contribution >= 4 is 58.2 Å². The summed E-state index contributed by atoms with van der Waals surface area (Å²) in [6.45, 7) is 0. The summed E-state index contributed by atoms with van der Waals surface area (Å²) in [6.07, 6.45) is 1.29. The van der Waals surface area contributed by atoms with Gasteiger partial charge in [0.1, 0.15) is 17.1 Å². The van der Waals surface area contributed by atoms with E-state index in [0.717, 1.165) is 0 Å². The number of anilines is 1. The Balaban J connectivity index is 1.66. The number of carbonyl (C=O) groups is 2. The summed E-state index contributed by atoms with van der Waals surface area (Å²) >= 11 is 11.0. The van der Waals surface area contributed by atoms with Gasteiger partial charge >= 0.3 is 0 Å². The van der Waals surface area contributed by atoms with Crippen molar-refractivity contribution in [3.63, 3.8) is 0 Å². The molecule has 1 aliphatic rings. The summed E-state index contributed by atoms with van der Waals surface area (Å²) in [4.78, 5) is 37.0. The van der Waals surface area contributed by atoms with Gasteiger partial charge in [0.25, 0.3) is 17.5 Å². The second kappa shape index (κ2) is 8.13. The molecule has 0 radical (unpaired) electrons. The molecule has 10 heteroatoms. The number of nitro benzene ring substituents is 1. The van der Waals surface area contributed by atoms with Gasteiger partial charge in [-0.25, -0.2) is 0 Å². The van der Waals surface area contributed by atoms with Gasteiger partial charge in [-0.1, -0.05) is 23.7 Å². The highest BCUT2D eigenvalue weighted by atomic mass is 35.5. The van der Waals surface area contributed by atoms with Gasteiger partial charge in [-0.05, 0) is 54.7 Å². The molecule has 0 spiro atoms. The zero-order chi connectivity index (χ0) is 22.1. The van der Waals surface area contributed by atoms with Crippen LogP contribution in [0.1, 0.15) is 5.76 Å². The molecule has 1 N–H and O–H groups in total. The zero-order valence-electron chi connectivity index (χ0n) is 15.6. The molecule has 2 amide bonds. The first-order chi connectivity index (χ1) is 14.8. The molecule has 0 unspecified atom stereocenters. The van der Waals surface area contributed by atoms with Gasteiger partial charge in [-0.3, -0.25) is 29.9 Å². The Morgan fingerprint density at radius 3 is 2.55 bits per heavy atom. The van der Waals surface area contributed by atoms with Crippen molar-refractivity contribution in [2.24, 2.45) is 0 Å². The highest BCUT2D eigenvalue weighted by Crippen LogP contribution is 2.28. The van der Waals surface area contributed by atoms with Gasteiger partial charge in [-0.2, -0.15) is 0 Å². The highest BCUT2D eigenvalue weighted by Gasteiger charge is 2.34. The number of hydrogen-bond donors (Lipinski definition) is 1. The van der Waals surface area contributed by atoms with Crippen LogP contribution < -0.4 is 10.2 Å². The van der Waals surface area contributed by atoms with Gasteiger partial charge in [0.2, 0.25) is 0 Å². The number of carbonyl (C=O) groups excluding carboxylic acids is 2. The van der Waals surface area contributed by atoms with Gasteiger partial charge in [0, 0.05) is 22.7 Å². The van der Waals surface area contributed by atoms with Crippen molar-refractivity contribution in [2.45, 2.75) is 0 Å². The number of benzene rings is 2. The molecule has 1 saturated heterocycles. The van der Waals surface area contributed by atoms with Crippen molar-refractivity contribution in [1.29, 1.82) is 0 Å². The van der Waals surface area contributed by atoms with E-state index in [4.69, 9.17) is 28.2 Å². The average molecular weight is 454 g/mol. The van der Waals surface area contributed by atoms with Crippen LogP contribution in [0.15, 0.2) is 70.7 Å². The van der Waals surface area contributed by atoms with E-state index in [0.29, 0.717) is 22.0 Å². The molecule has 2 aromatic carbocycles. The fourth-order valence-electron chi connectivity index (χ4n) is 2.98. The zero-order valence-corrected chi connectivity index (χ0v) is 17.1. The summed E-state index contributed by atoms with van der Waals surface area (Å²) in [5, 5.41) is 13.9. The Morgan fingerprint density at radius 2 is 1.84 bits per heavy atom. The van der Waals surface area contributed by atoms with Crippen LogP contribution in [-0.2, 0) is 9.59 Å². The number of non-ortho nitro benzene ring substituents is 1. The third kappa shape index (κ3) is 4.09. The Morgan fingerprint density at radius 1 is 1.10 bits per heavy atom. The molecule has 0 atom stereocenters. The van der Waals surface area contributed by atoms with Crippen molar-refractivity contribution in [3.8, 4) is 11.3 Å². The van der Waals surface area contributed by atoms with E-state index in [-0.39, 0.29) is 22.1 Å². The number of nitro groups is 1. The van der Waals surface area contributed by atoms with Gasteiger partial charge in [0.15, 0.2) is 5.11 Å². The average Bonchev–Trinajstić information content (AvgIpc) is 3.21. The Hall–Kier alpha value is -3.82. The lowest BCUT2D eigenvalue weighted by Gasteiger charge is -2.28. The topological polar surface area (TPSA) is 106 Å². The smallest absolute Gasteiger partial charge is 0.270 e. The predicted octanol–water partition coefficient (Wildman–Crippen LogP) is 4.34. The third-order valence-corrected chi connectivity index (χ3v) is 4.98. The number of thiocarbonyl (C=S) groups is 1. The molecule has 1 aliphatic heterocycles. The van der Waals surface area contributed by atoms with Crippen LogP contribution >= 0.6 is 23.8 Å². The standard InChI is InChI=1S/C21H12ClN3O5S/c22-13-4-6-14(7-5-13)24-20(27)17(19(26)23-21(24)31)11-16-8-9-18(30-16)12-2-1-3-15(10-12)25(28)29/h1-11H,(H,23,26,31)/b17-11+. The number of hydrogen-bond acceptors (Lipinski definition) is 6. The Labute approximate surface area is 185 Å². The molecule has 4 rings (SSSR count). The van der Waals surface area contributed by atoms with Crippen molar-refractivity contribution in [2.75, 3.05) is 4.90 Å². The first-order valence-electron chi connectivity index (χ1n) is 8.85. The Bertz CT molecular complexity index is 1270. The molecule has 1 aromatic heterocycles. The van der Waals surface area contributed by atoms with Crippen molar-refractivity contribution in [1.82, 2.24) is 5.32 Å². The van der Waals surface area contributed by atoms with E-state index < -0.39 is 16.7 Å². The van der Waals surface area contributed by atoms with Crippen LogP contribution in [0.2, 0.25) is 5.02 Å². The largest absolute Gasteiger partial charge is 0.457 e. The maximum atomic E-state index is 13.0. The lowest BCUT2D eigenvalue weighted by atomic mass is 10.1. The molecule has 8 nitrogen and oxygen atoms in total. The van der Waals surface area contributed by atoms with Gasteiger partial charge in [0.05, 0.1) is 10.6 Å². The first-order valence-corrected chi connectivity index (χ1v) is 9.64. The molecule has 2 heterocycles. The third-order valence-electron chi connectivity index (χ3n) is 4.44. The summed E-state index contributed by atoms with van der Waals surface area (Å²) in [6, 6.07) is 15.5. The maximum absolute atomic E-state index is 13.0. The highest BCUT2D eigenvalue weighted by molar-refractivity contribution is 7.80. The SMILES string of the molecule is O=C1NC(=S)N(c2ccc(Cl)cc2)C(=O)/C1=C/c1ccc(-c2cccc([N+](=O)[O-])c2)o1. The lowest BCUT2D eigenvalue weighted by molar-refractivity contribution is -0.384. The summed E-state index contributed by atoms with van der Waals surface area (Å²) < 4.78 is 5.69. The van der Waals surface area contributed by atoms with Gasteiger partial charge < -0.3 is 4.42 Å². The molecule has 31 heavy (non-hydrogen) atoms. The molecule has 1 fully saturated rings. The van der Waals surface area contributed by atoms with E-state index in [1.54, 1.807) is 42.5 Å². The van der Waals surface area contributed by atoms with Crippen LogP contribution in [0, 0.1) is 10.1 Å². The fraction of sp³-hybridized carbons (Fsp3) is 0. The minimum absolute atomic E-state index is 0.0498. The Kier molecular flexibility index (Phi) is 5.37. The summed E-state index contributed by atoms with van der Waals surface area (Å²) in [5.74, 6) is -0.703. The van der Waals surface area contributed by atoms with Crippen LogP contribution in [0.25, 0.3) is 17.4 Å². The van der Waals surface area contributed by atoms with E-state index >= 15 is 0 Å². The monoisotopic (exact) mass is 453 g/mol. The van der Waals surface area contributed by atoms with E-state index in [1.807, 2.05) is 0 Å². The molecular formula is C21H12ClN3O5S. The second-order valence-corrected chi connectivity index (χ2v) is 7.27. The van der Waals surface area contributed by atoms with Gasteiger partial charge in [-0.15, -0.1) is 0 Å². The van der Waals surface area contributed by atoms with E-state index in [9.17, 15) is 19.7 Å². The molecule has 3 aromatic rings. The lowest BCUT2D eigenvalue weighted by Crippen LogP contribution is -2.54. The fourth-order valence-corrected chi connectivity index (χ4v) is 3.39. The normalized spacial score (nSPS) is 15.3. The minimum atomic E-state index is -0.659. The molecule has 0 saturated carbocycles. The van der Waals surface area contributed by atoms with E-state index in [1.165, 1.54) is 29.2 Å². The van der Waals surface area contributed by atoms with Crippen LogP contribution in [0.4, 0.5) is 11.4 Å². The molecular weight excluding hydrogens is 442 g/mol. The predicted molar refractivity (Wildman–Crippen MR) is 118 cm³/mol. The van der Waals surface area contributed by atoms with Crippen LogP contribution in [-0.4, -0.2) is 21.9 Å². The number of halogens is 1. The first kappa shape index (κ1) is 20.5. The number of rotatable bonds is 4. The minimum Gasteiger partial charge on any atom is -0.457 e. The number of furan rings is 1. The van der Waals surface area contributed by atoms with Crippen molar-refractivity contribution in [3.05, 3.63) is 87.1 Å². The van der Waals surface area contributed by atoms with Crippen LogP contribution in [0.3, 0.4) is 0 Å². The molecule has 0 bridgehead atoms. The molecule has 154 valence electrons. The molecule has 0 aliphatic carbocycles. The quantitative estimate of drug-likeness (QED) is 0.207. The second-order valence-electron chi connectivity index (χ2n) is 6.44. The summed E-state index contributed by atoms with van der Waals surface area (Å²) in [5.41, 5.74) is 0.676. The summed E-state index contributed by atoms with van der Waals surface area (Å²) in [7, 11) is 0. The van der Waals surface area contributed by atoms with Crippen molar-refractivity contribution < 1.29 is 18.9 Å². The maximum Gasteiger partial charge on any atom is 0.270 e. The number of amides is 2. The van der Waals surface area contributed by atoms with E-state index in [2.05, 4.69) is 5.32 Å². The van der Waals surface area contributed by atoms with Crippen LogP contribution in [0.5, 0.6) is 0 Å².